The van der Waals surface area contributed by atoms with E-state index in [1.54, 1.807) is 36.4 Å². The van der Waals surface area contributed by atoms with Crippen molar-refractivity contribution in [3.05, 3.63) is 71.8 Å². The minimum Gasteiger partial charge on any atom is -0.508 e. The quantitative estimate of drug-likeness (QED) is 0.166. The first-order valence-corrected chi connectivity index (χ1v) is 11.5. The third kappa shape index (κ3) is 10.6. The summed E-state index contributed by atoms with van der Waals surface area (Å²) < 4.78 is 15.5. The summed E-state index contributed by atoms with van der Waals surface area (Å²) in [7, 11) is 0. The number of aryl methyl sites for hydroxylation is 1. The molecule has 0 radical (unpaired) electrons. The fraction of sp³-hybridized carbons (Fsp3) is 0.370. The molecule has 0 aliphatic carbocycles. The van der Waals surface area contributed by atoms with Crippen LogP contribution in [0.15, 0.2) is 60.7 Å². The molecular formula is C27H33NO8. The molecule has 0 saturated carbocycles. The predicted molar refractivity (Wildman–Crippen MR) is 132 cm³/mol. The Morgan fingerprint density at radius 1 is 0.972 bits per heavy atom. The summed E-state index contributed by atoms with van der Waals surface area (Å²) in [6, 6.07) is 12.3. The zero-order valence-electron chi connectivity index (χ0n) is 20.8. The molecule has 0 unspecified atom stereocenters. The molecule has 0 aliphatic heterocycles. The third-order valence-corrected chi connectivity index (χ3v) is 4.84. The molecule has 194 valence electrons. The number of carbonyl (C=O) groups is 3. The number of hydrogen-bond acceptors (Lipinski definition) is 8. The summed E-state index contributed by atoms with van der Waals surface area (Å²) >= 11 is 0. The Kier molecular flexibility index (Phi) is 10.5. The van der Waals surface area contributed by atoms with Gasteiger partial charge in [0.1, 0.15) is 30.8 Å². The molecule has 2 rings (SSSR count). The van der Waals surface area contributed by atoms with E-state index in [1.807, 2.05) is 0 Å². The highest BCUT2D eigenvalue weighted by Gasteiger charge is 2.23. The molecule has 2 aromatic rings. The molecule has 0 spiro atoms. The van der Waals surface area contributed by atoms with E-state index in [-0.39, 0.29) is 43.3 Å². The van der Waals surface area contributed by atoms with Crippen molar-refractivity contribution in [2.24, 2.45) is 0 Å². The second-order valence-electron chi connectivity index (χ2n) is 8.77. The van der Waals surface area contributed by atoms with Crippen LogP contribution in [0.2, 0.25) is 0 Å². The van der Waals surface area contributed by atoms with Gasteiger partial charge in [0.25, 0.3) is 0 Å². The van der Waals surface area contributed by atoms with Crippen LogP contribution in [0.4, 0.5) is 0 Å². The van der Waals surface area contributed by atoms with Gasteiger partial charge in [-0.1, -0.05) is 30.8 Å². The Labute approximate surface area is 210 Å². The van der Waals surface area contributed by atoms with Crippen molar-refractivity contribution in [3.8, 4) is 11.5 Å². The fourth-order valence-electron chi connectivity index (χ4n) is 3.10. The van der Waals surface area contributed by atoms with Gasteiger partial charge < -0.3 is 29.7 Å². The molecule has 1 amide bonds. The van der Waals surface area contributed by atoms with Crippen molar-refractivity contribution in [1.82, 2.24) is 5.32 Å². The van der Waals surface area contributed by atoms with Crippen LogP contribution in [0.5, 0.6) is 11.5 Å². The van der Waals surface area contributed by atoms with Crippen molar-refractivity contribution in [2.75, 3.05) is 13.2 Å². The van der Waals surface area contributed by atoms with E-state index in [1.165, 1.54) is 32.9 Å². The van der Waals surface area contributed by atoms with Crippen molar-refractivity contribution in [2.45, 2.75) is 51.9 Å². The number of phenolic OH excluding ortho intramolecular Hbond substituents is 1. The molecule has 0 heterocycles. The van der Waals surface area contributed by atoms with Crippen LogP contribution in [-0.4, -0.2) is 53.1 Å². The molecule has 0 bridgehead atoms. The van der Waals surface area contributed by atoms with Crippen LogP contribution in [0.25, 0.3) is 0 Å². The van der Waals surface area contributed by atoms with Gasteiger partial charge in [-0.15, -0.1) is 0 Å². The summed E-state index contributed by atoms with van der Waals surface area (Å²) in [6.07, 6.45) is 0.702. The average Bonchev–Trinajstić information content (AvgIpc) is 2.81. The molecule has 0 aliphatic rings. The number of benzene rings is 2. The Hall–Kier alpha value is -3.85. The Bertz CT molecular complexity index is 1040. The van der Waals surface area contributed by atoms with Crippen molar-refractivity contribution >= 4 is 17.8 Å². The second-order valence-corrected chi connectivity index (χ2v) is 8.77. The largest absolute Gasteiger partial charge is 0.508 e. The summed E-state index contributed by atoms with van der Waals surface area (Å²) in [6.45, 7) is 7.74. The summed E-state index contributed by atoms with van der Waals surface area (Å²) in [5.74, 6) is -2.31. The standard InChI is InChI=1S/C27H33NO8/c1-18(2)25(31)34-15-16-35-26(32)23(17-20-5-10-21(29)11-6-20)28-24(30)14-9-19-7-12-22(13-8-19)36-27(3,4)33/h5-8,10-13,23,29,33H,1,9,14-17H2,2-4H3,(H,28,30)/t23-/m0/s1. The average molecular weight is 500 g/mol. The smallest absolute Gasteiger partial charge is 0.333 e. The van der Waals surface area contributed by atoms with Gasteiger partial charge in [0.2, 0.25) is 11.7 Å². The molecule has 36 heavy (non-hydrogen) atoms. The molecule has 1 atom stereocenters. The lowest BCUT2D eigenvalue weighted by atomic mass is 10.0. The van der Waals surface area contributed by atoms with Crippen LogP contribution in [0.1, 0.15) is 38.3 Å². The van der Waals surface area contributed by atoms with Gasteiger partial charge in [0.05, 0.1) is 0 Å². The van der Waals surface area contributed by atoms with E-state index in [9.17, 15) is 24.6 Å². The van der Waals surface area contributed by atoms with Crippen molar-refractivity contribution in [3.63, 3.8) is 0 Å². The summed E-state index contributed by atoms with van der Waals surface area (Å²) in [5, 5.41) is 21.9. The molecule has 0 fully saturated rings. The number of phenols is 1. The Balaban J connectivity index is 1.94. The Morgan fingerprint density at radius 2 is 1.56 bits per heavy atom. The Morgan fingerprint density at radius 3 is 2.14 bits per heavy atom. The number of amides is 1. The summed E-state index contributed by atoms with van der Waals surface area (Å²) in [5.41, 5.74) is 1.83. The zero-order valence-corrected chi connectivity index (χ0v) is 20.8. The van der Waals surface area contributed by atoms with E-state index in [0.717, 1.165) is 5.56 Å². The maximum absolute atomic E-state index is 12.7. The van der Waals surface area contributed by atoms with Crippen LogP contribution in [-0.2, 0) is 36.7 Å². The normalized spacial score (nSPS) is 11.8. The molecular weight excluding hydrogens is 466 g/mol. The highest BCUT2D eigenvalue weighted by Crippen LogP contribution is 2.18. The highest BCUT2D eigenvalue weighted by molar-refractivity contribution is 5.87. The molecule has 0 saturated heterocycles. The summed E-state index contributed by atoms with van der Waals surface area (Å²) in [4.78, 5) is 36.8. The maximum Gasteiger partial charge on any atom is 0.333 e. The number of aromatic hydroxyl groups is 1. The van der Waals surface area contributed by atoms with E-state index >= 15 is 0 Å². The van der Waals surface area contributed by atoms with Gasteiger partial charge in [-0.25, -0.2) is 9.59 Å². The SMILES string of the molecule is C=C(C)C(=O)OCCOC(=O)[C@H](Cc1ccc(O)cc1)NC(=O)CCc1ccc(OC(C)(C)O)cc1. The van der Waals surface area contributed by atoms with Gasteiger partial charge in [0, 0.05) is 32.3 Å². The molecule has 9 heteroatoms. The number of ether oxygens (including phenoxy) is 3. The van der Waals surface area contributed by atoms with Gasteiger partial charge in [-0.05, 0) is 48.7 Å². The van der Waals surface area contributed by atoms with Gasteiger partial charge in [-0.2, -0.15) is 0 Å². The first-order chi connectivity index (χ1) is 16.9. The number of hydrogen-bond donors (Lipinski definition) is 3. The topological polar surface area (TPSA) is 131 Å². The molecule has 3 N–H and O–H groups in total. The van der Waals surface area contributed by atoms with E-state index in [2.05, 4.69) is 11.9 Å². The van der Waals surface area contributed by atoms with Crippen molar-refractivity contribution < 1.29 is 38.8 Å². The number of carbonyl (C=O) groups excluding carboxylic acids is 3. The van der Waals surface area contributed by atoms with E-state index in [4.69, 9.17) is 14.2 Å². The zero-order chi connectivity index (χ0) is 26.7. The third-order valence-electron chi connectivity index (χ3n) is 4.84. The van der Waals surface area contributed by atoms with Crippen LogP contribution >= 0.6 is 0 Å². The highest BCUT2D eigenvalue weighted by atomic mass is 16.6. The first-order valence-electron chi connectivity index (χ1n) is 11.5. The minimum absolute atomic E-state index is 0.0835. The molecule has 9 nitrogen and oxygen atoms in total. The van der Waals surface area contributed by atoms with Gasteiger partial charge in [0.15, 0.2) is 0 Å². The number of esters is 2. The van der Waals surface area contributed by atoms with Crippen LogP contribution in [0.3, 0.4) is 0 Å². The fourth-order valence-corrected chi connectivity index (χ4v) is 3.10. The lowest BCUT2D eigenvalue weighted by molar-refractivity contribution is -0.152. The minimum atomic E-state index is -1.30. The monoisotopic (exact) mass is 499 g/mol. The first kappa shape index (κ1) is 28.4. The second kappa shape index (κ2) is 13.3. The predicted octanol–water partition coefficient (Wildman–Crippen LogP) is 2.82. The van der Waals surface area contributed by atoms with Gasteiger partial charge >= 0.3 is 11.9 Å². The number of nitrogens with one attached hydrogen (secondary N) is 1. The lowest BCUT2D eigenvalue weighted by Crippen LogP contribution is -2.43. The van der Waals surface area contributed by atoms with Crippen LogP contribution < -0.4 is 10.1 Å². The van der Waals surface area contributed by atoms with Gasteiger partial charge in [-0.3, -0.25) is 4.79 Å². The molecule has 0 aromatic heterocycles. The molecule has 2 aromatic carbocycles. The van der Waals surface area contributed by atoms with E-state index in [0.29, 0.717) is 17.7 Å². The number of rotatable bonds is 13. The van der Waals surface area contributed by atoms with E-state index < -0.39 is 23.8 Å². The lowest BCUT2D eigenvalue weighted by Gasteiger charge is -2.20. The van der Waals surface area contributed by atoms with Crippen LogP contribution in [0, 0.1) is 0 Å². The maximum atomic E-state index is 12.7. The number of aliphatic hydroxyl groups is 1. The van der Waals surface area contributed by atoms with Crippen molar-refractivity contribution in [1.29, 1.82) is 0 Å².